The highest BCUT2D eigenvalue weighted by molar-refractivity contribution is 9.10. The van der Waals surface area contributed by atoms with Crippen LogP contribution < -0.4 is 10.6 Å². The van der Waals surface area contributed by atoms with Crippen molar-refractivity contribution < 1.29 is 8.78 Å². The molecule has 68 valence electrons. The van der Waals surface area contributed by atoms with Crippen LogP contribution in [0.4, 0.5) is 8.78 Å². The molecule has 0 bridgehead atoms. The number of alkyl halides is 1. The van der Waals surface area contributed by atoms with Crippen LogP contribution >= 0.6 is 15.9 Å². The zero-order valence-corrected chi connectivity index (χ0v) is 8.18. The quantitative estimate of drug-likeness (QED) is 0.675. The molecule has 0 radical (unpaired) electrons. The Hall–Kier alpha value is -0.770. The maximum atomic E-state index is 13.3. The molecule has 1 unspecified atom stereocenters. The summed E-state index contributed by atoms with van der Waals surface area (Å²) >= 11 is 3.16. The summed E-state index contributed by atoms with van der Waals surface area (Å²) in [4.78, 5) is 3.95. The standard InChI is InChI=1S/C9H6BrF2N/c10-5-3-4-13-7-2-1-6(11)9(12)8(5)7/h2-4,6H,1H2. The lowest BCUT2D eigenvalue weighted by molar-refractivity contribution is 0.380. The molecule has 0 amide bonds. The molecule has 1 nitrogen and oxygen atoms in total. The summed E-state index contributed by atoms with van der Waals surface area (Å²) in [5, 5.41) is 0.766. The van der Waals surface area contributed by atoms with Gasteiger partial charge in [-0.3, -0.25) is 4.98 Å². The smallest absolute Gasteiger partial charge is 0.156 e. The van der Waals surface area contributed by atoms with Crippen LogP contribution in [0.1, 0.15) is 6.42 Å². The van der Waals surface area contributed by atoms with Crippen molar-refractivity contribution in [2.75, 3.05) is 0 Å². The summed E-state index contributed by atoms with van der Waals surface area (Å²) in [6.45, 7) is 0. The predicted octanol–water partition coefficient (Wildman–Crippen LogP) is 1.44. The second kappa shape index (κ2) is 3.18. The molecular formula is C9H6BrF2N. The summed E-state index contributed by atoms with van der Waals surface area (Å²) in [6, 6.07) is 1.60. The van der Waals surface area contributed by atoms with Gasteiger partial charge in [0.15, 0.2) is 6.17 Å². The van der Waals surface area contributed by atoms with Crippen LogP contribution in [0.3, 0.4) is 0 Å². The molecule has 1 aromatic rings. The molecule has 1 heterocycles. The summed E-state index contributed by atoms with van der Waals surface area (Å²) in [7, 11) is 0. The van der Waals surface area contributed by atoms with Crippen molar-refractivity contribution in [1.29, 1.82) is 0 Å². The highest BCUT2D eigenvalue weighted by Crippen LogP contribution is 2.16. The Kier molecular flexibility index (Phi) is 2.15. The Bertz CT molecular complexity index is 455. The van der Waals surface area contributed by atoms with E-state index in [1.54, 1.807) is 18.3 Å². The highest BCUT2D eigenvalue weighted by atomic mass is 79.9. The van der Waals surface area contributed by atoms with Crippen molar-refractivity contribution in [3.8, 4) is 0 Å². The van der Waals surface area contributed by atoms with Crippen LogP contribution in [0.2, 0.25) is 0 Å². The first-order valence-electron chi connectivity index (χ1n) is 3.84. The molecule has 2 rings (SSSR count). The first kappa shape index (κ1) is 8.81. The van der Waals surface area contributed by atoms with Gasteiger partial charge < -0.3 is 0 Å². The second-order valence-corrected chi connectivity index (χ2v) is 3.66. The lowest BCUT2D eigenvalue weighted by Gasteiger charge is -2.08. The summed E-state index contributed by atoms with van der Waals surface area (Å²) < 4.78 is 26.8. The maximum Gasteiger partial charge on any atom is 0.156 e. The van der Waals surface area contributed by atoms with Gasteiger partial charge in [0.25, 0.3) is 0 Å². The zero-order chi connectivity index (χ0) is 9.42. The van der Waals surface area contributed by atoms with E-state index >= 15 is 0 Å². The number of hydrogen-bond acceptors (Lipinski definition) is 1. The molecular weight excluding hydrogens is 240 g/mol. The molecule has 4 heteroatoms. The number of fused-ring (bicyclic) bond motifs is 1. The van der Waals surface area contributed by atoms with E-state index < -0.39 is 12.0 Å². The molecule has 0 saturated carbocycles. The molecule has 0 N–H and O–H groups in total. The Morgan fingerprint density at radius 2 is 2.31 bits per heavy atom. The van der Waals surface area contributed by atoms with E-state index in [9.17, 15) is 8.78 Å². The third kappa shape index (κ3) is 1.39. The van der Waals surface area contributed by atoms with Crippen LogP contribution in [-0.4, -0.2) is 11.2 Å². The molecule has 0 aliphatic heterocycles. The summed E-state index contributed by atoms with van der Waals surface area (Å²) in [5.74, 6) is -0.725. The first-order valence-corrected chi connectivity index (χ1v) is 4.64. The number of pyridine rings is 1. The fourth-order valence-corrected chi connectivity index (χ4v) is 1.83. The van der Waals surface area contributed by atoms with Crippen molar-refractivity contribution >= 4 is 27.8 Å². The minimum Gasteiger partial charge on any atom is -0.256 e. The first-order chi connectivity index (χ1) is 6.20. The molecule has 0 saturated heterocycles. The monoisotopic (exact) mass is 245 g/mol. The van der Waals surface area contributed by atoms with Crippen molar-refractivity contribution in [3.63, 3.8) is 0 Å². The van der Waals surface area contributed by atoms with Crippen LogP contribution in [0.25, 0.3) is 11.9 Å². The largest absolute Gasteiger partial charge is 0.256 e. The molecule has 1 aromatic heterocycles. The molecule has 0 fully saturated rings. The Balaban J connectivity index is 2.91. The normalized spacial score (nSPS) is 20.8. The lowest BCUT2D eigenvalue weighted by Crippen LogP contribution is -2.35. The van der Waals surface area contributed by atoms with E-state index in [4.69, 9.17) is 0 Å². The van der Waals surface area contributed by atoms with Gasteiger partial charge in [0.1, 0.15) is 5.83 Å². The third-order valence-corrected chi connectivity index (χ3v) is 2.62. The molecule has 1 aliphatic rings. The van der Waals surface area contributed by atoms with E-state index in [2.05, 4.69) is 20.9 Å². The zero-order valence-electron chi connectivity index (χ0n) is 6.60. The molecule has 13 heavy (non-hydrogen) atoms. The molecule has 0 spiro atoms. The SMILES string of the molecule is FC1=c2c(Br)ccnc2=CCC1F. The maximum absolute atomic E-state index is 13.3. The van der Waals surface area contributed by atoms with E-state index in [0.717, 1.165) is 0 Å². The van der Waals surface area contributed by atoms with Gasteiger partial charge in [-0.25, -0.2) is 8.78 Å². The summed E-state index contributed by atoms with van der Waals surface area (Å²) in [5.41, 5.74) is 0. The molecule has 1 atom stereocenters. The fraction of sp³-hybridized carbons (Fsp3) is 0.222. The van der Waals surface area contributed by atoms with E-state index in [1.807, 2.05) is 0 Å². The number of rotatable bonds is 0. The Labute approximate surface area is 81.9 Å². The number of nitrogens with zero attached hydrogens (tertiary/aromatic N) is 1. The topological polar surface area (TPSA) is 12.9 Å². The van der Waals surface area contributed by atoms with Crippen molar-refractivity contribution in [2.45, 2.75) is 12.6 Å². The van der Waals surface area contributed by atoms with Gasteiger partial charge in [0.2, 0.25) is 0 Å². The van der Waals surface area contributed by atoms with Gasteiger partial charge >= 0.3 is 0 Å². The van der Waals surface area contributed by atoms with Crippen molar-refractivity contribution in [1.82, 2.24) is 4.98 Å². The lowest BCUT2D eigenvalue weighted by atomic mass is 10.1. The van der Waals surface area contributed by atoms with Gasteiger partial charge in [-0.2, -0.15) is 0 Å². The van der Waals surface area contributed by atoms with Gasteiger partial charge in [0.05, 0.1) is 5.35 Å². The minimum absolute atomic E-state index is 0.0717. The van der Waals surface area contributed by atoms with Gasteiger partial charge in [-0.15, -0.1) is 0 Å². The van der Waals surface area contributed by atoms with Gasteiger partial charge in [-0.1, -0.05) is 6.08 Å². The van der Waals surface area contributed by atoms with Crippen LogP contribution in [0, 0.1) is 0 Å². The highest BCUT2D eigenvalue weighted by Gasteiger charge is 2.17. The Morgan fingerprint density at radius 3 is 3.08 bits per heavy atom. The minimum atomic E-state index is -1.52. The molecule has 1 aliphatic carbocycles. The molecule has 0 aromatic carbocycles. The number of halogens is 3. The van der Waals surface area contributed by atoms with Crippen molar-refractivity contribution in [3.05, 3.63) is 27.3 Å². The third-order valence-electron chi connectivity index (χ3n) is 1.96. The predicted molar refractivity (Wildman–Crippen MR) is 49.7 cm³/mol. The van der Waals surface area contributed by atoms with Crippen LogP contribution in [0.5, 0.6) is 0 Å². The fourth-order valence-electron chi connectivity index (χ4n) is 1.32. The van der Waals surface area contributed by atoms with Crippen LogP contribution in [-0.2, 0) is 0 Å². The average molecular weight is 246 g/mol. The van der Waals surface area contributed by atoms with E-state index in [1.165, 1.54) is 0 Å². The summed E-state index contributed by atoms with van der Waals surface area (Å²) in [6.07, 6.45) is 1.72. The number of aromatic nitrogens is 1. The van der Waals surface area contributed by atoms with Gasteiger partial charge in [-0.05, 0) is 22.0 Å². The Morgan fingerprint density at radius 1 is 1.54 bits per heavy atom. The van der Waals surface area contributed by atoms with Gasteiger partial charge in [0, 0.05) is 22.3 Å². The van der Waals surface area contributed by atoms with E-state index in [-0.39, 0.29) is 11.6 Å². The van der Waals surface area contributed by atoms with Crippen molar-refractivity contribution in [2.24, 2.45) is 0 Å². The van der Waals surface area contributed by atoms with E-state index in [0.29, 0.717) is 9.82 Å². The average Bonchev–Trinajstić information content (AvgIpc) is 2.12. The second-order valence-electron chi connectivity index (χ2n) is 2.81. The number of hydrogen-bond donors (Lipinski definition) is 0. The van der Waals surface area contributed by atoms with Crippen LogP contribution in [0.15, 0.2) is 16.7 Å².